The molecule has 0 atom stereocenters. The number of hydrogen-bond acceptors (Lipinski definition) is 2. The summed E-state index contributed by atoms with van der Waals surface area (Å²) in [5, 5.41) is 0.000000000000000222. The fourth-order valence-electron chi connectivity index (χ4n) is 0. The average molecular weight is 177 g/mol. The van der Waals surface area contributed by atoms with Crippen LogP contribution in [0.4, 0.5) is 0 Å². The molecule has 0 spiro atoms. The van der Waals surface area contributed by atoms with Crippen molar-refractivity contribution < 1.29 is 4.79 Å². The SMILES string of the molecule is CC(C)(C)C(N)=O.NC(N)=S. The van der Waals surface area contributed by atoms with E-state index in [0.29, 0.717) is 0 Å². The number of primary amides is 1. The molecule has 0 aromatic carbocycles. The summed E-state index contributed by atoms with van der Waals surface area (Å²) in [5.41, 5.74) is 13.8. The van der Waals surface area contributed by atoms with E-state index in [1.165, 1.54) is 0 Å². The van der Waals surface area contributed by atoms with Crippen molar-refractivity contribution in [3.05, 3.63) is 0 Å². The predicted molar refractivity (Wildman–Crippen MR) is 49.6 cm³/mol. The summed E-state index contributed by atoms with van der Waals surface area (Å²) < 4.78 is 0. The fourth-order valence-corrected chi connectivity index (χ4v) is 0. The average Bonchev–Trinajstić information content (AvgIpc) is 1.59. The van der Waals surface area contributed by atoms with Gasteiger partial charge in [-0.25, -0.2) is 0 Å². The maximum absolute atomic E-state index is 10.2. The summed E-state index contributed by atoms with van der Waals surface area (Å²) in [6.07, 6.45) is 0. The third-order valence-corrected chi connectivity index (χ3v) is 0.739. The first kappa shape index (κ1) is 12.8. The molecule has 0 bridgehead atoms. The van der Waals surface area contributed by atoms with E-state index in [0.717, 1.165) is 0 Å². The number of hydrogen-bond donors (Lipinski definition) is 3. The fraction of sp³-hybridized carbons (Fsp3) is 0.667. The van der Waals surface area contributed by atoms with Gasteiger partial charge in [0.25, 0.3) is 0 Å². The Labute approximate surface area is 72.1 Å². The first-order valence-electron chi connectivity index (χ1n) is 3.02. The Kier molecular flexibility index (Phi) is 5.70. The summed E-state index contributed by atoms with van der Waals surface area (Å²) >= 11 is 4.09. The first-order valence-corrected chi connectivity index (χ1v) is 3.43. The Morgan fingerprint density at radius 2 is 1.27 bits per heavy atom. The highest BCUT2D eigenvalue weighted by molar-refractivity contribution is 7.80. The van der Waals surface area contributed by atoms with Gasteiger partial charge in [-0.3, -0.25) is 4.79 Å². The Balaban J connectivity index is 0. The van der Waals surface area contributed by atoms with Crippen molar-refractivity contribution in [2.75, 3.05) is 0 Å². The van der Waals surface area contributed by atoms with E-state index in [4.69, 9.17) is 5.73 Å². The van der Waals surface area contributed by atoms with E-state index in [1.807, 2.05) is 0 Å². The molecular weight excluding hydrogens is 162 g/mol. The molecule has 5 heteroatoms. The van der Waals surface area contributed by atoms with Gasteiger partial charge < -0.3 is 17.2 Å². The molecule has 0 aliphatic heterocycles. The summed E-state index contributed by atoms with van der Waals surface area (Å²) in [4.78, 5) is 10.2. The molecule has 0 fully saturated rings. The van der Waals surface area contributed by atoms with Crippen molar-refractivity contribution in [3.8, 4) is 0 Å². The summed E-state index contributed by atoms with van der Waals surface area (Å²) in [6, 6.07) is 0. The van der Waals surface area contributed by atoms with Gasteiger partial charge in [-0.2, -0.15) is 0 Å². The van der Waals surface area contributed by atoms with Gasteiger partial charge in [0.2, 0.25) is 5.91 Å². The third-order valence-electron chi connectivity index (χ3n) is 0.739. The molecule has 0 rings (SSSR count). The van der Waals surface area contributed by atoms with Gasteiger partial charge in [-0.15, -0.1) is 0 Å². The van der Waals surface area contributed by atoms with Crippen molar-refractivity contribution in [3.63, 3.8) is 0 Å². The van der Waals surface area contributed by atoms with E-state index in [2.05, 4.69) is 23.7 Å². The van der Waals surface area contributed by atoms with E-state index >= 15 is 0 Å². The zero-order valence-corrected chi connectivity index (χ0v) is 7.87. The van der Waals surface area contributed by atoms with Crippen LogP contribution in [-0.4, -0.2) is 11.0 Å². The van der Waals surface area contributed by atoms with Gasteiger partial charge in [0, 0.05) is 5.41 Å². The van der Waals surface area contributed by atoms with Crippen LogP contribution < -0.4 is 17.2 Å². The molecule has 0 saturated heterocycles. The molecular formula is C6H15N3OS. The van der Waals surface area contributed by atoms with Gasteiger partial charge in [-0.05, 0) is 12.2 Å². The van der Waals surface area contributed by atoms with Crippen LogP contribution in [0.2, 0.25) is 0 Å². The molecule has 0 saturated carbocycles. The van der Waals surface area contributed by atoms with Crippen molar-refractivity contribution >= 4 is 23.2 Å². The van der Waals surface area contributed by atoms with E-state index < -0.39 is 0 Å². The third kappa shape index (κ3) is 17.6. The second-order valence-corrected chi connectivity index (χ2v) is 3.49. The number of thiocarbonyl (C=S) groups is 1. The standard InChI is InChI=1S/C5H11NO.CH4N2S/c1-5(2,3)4(6)7;2-1(3)4/h1-3H3,(H2,6,7);(H4,2,3,4). The molecule has 0 heterocycles. The highest BCUT2D eigenvalue weighted by Gasteiger charge is 2.16. The van der Waals surface area contributed by atoms with Gasteiger partial charge in [0.1, 0.15) is 0 Å². The lowest BCUT2D eigenvalue weighted by molar-refractivity contribution is -0.125. The quantitative estimate of drug-likeness (QED) is 0.443. The largest absolute Gasteiger partial charge is 0.377 e. The normalized spacial score (nSPS) is 9.36. The minimum Gasteiger partial charge on any atom is -0.377 e. The second-order valence-electron chi connectivity index (χ2n) is 3.02. The van der Waals surface area contributed by atoms with Gasteiger partial charge >= 0.3 is 0 Å². The minimum absolute atomic E-state index is 0.000000000000000222. The number of nitrogens with two attached hydrogens (primary N) is 3. The maximum atomic E-state index is 10.2. The topological polar surface area (TPSA) is 95.1 Å². The van der Waals surface area contributed by atoms with Crippen LogP contribution in [0.1, 0.15) is 20.8 Å². The van der Waals surface area contributed by atoms with Crippen molar-refractivity contribution in [2.45, 2.75) is 20.8 Å². The smallest absolute Gasteiger partial charge is 0.222 e. The molecule has 4 nitrogen and oxygen atoms in total. The van der Waals surface area contributed by atoms with Crippen LogP contribution in [0.15, 0.2) is 0 Å². The maximum Gasteiger partial charge on any atom is 0.222 e. The van der Waals surface area contributed by atoms with Gasteiger partial charge in [0.05, 0.1) is 0 Å². The summed E-state index contributed by atoms with van der Waals surface area (Å²) in [5.74, 6) is -0.257. The lowest BCUT2D eigenvalue weighted by Crippen LogP contribution is -2.27. The van der Waals surface area contributed by atoms with Crippen LogP contribution in [0.5, 0.6) is 0 Å². The van der Waals surface area contributed by atoms with E-state index in [-0.39, 0.29) is 16.4 Å². The molecule has 0 aromatic heterocycles. The molecule has 66 valence electrons. The van der Waals surface area contributed by atoms with Crippen LogP contribution in [0.3, 0.4) is 0 Å². The molecule has 0 aromatic rings. The van der Waals surface area contributed by atoms with Crippen molar-refractivity contribution in [1.29, 1.82) is 0 Å². The Hall–Kier alpha value is -0.840. The molecule has 0 aliphatic carbocycles. The van der Waals surface area contributed by atoms with Crippen LogP contribution in [-0.2, 0) is 4.79 Å². The Morgan fingerprint density at radius 1 is 1.18 bits per heavy atom. The highest BCUT2D eigenvalue weighted by Crippen LogP contribution is 2.09. The Morgan fingerprint density at radius 3 is 1.27 bits per heavy atom. The molecule has 0 unspecified atom stereocenters. The van der Waals surface area contributed by atoms with Gasteiger partial charge in [-0.1, -0.05) is 20.8 Å². The van der Waals surface area contributed by atoms with E-state index in [9.17, 15) is 4.79 Å². The monoisotopic (exact) mass is 177 g/mol. The first-order chi connectivity index (χ1) is 4.68. The number of rotatable bonds is 0. The minimum atomic E-state index is -0.361. The molecule has 6 N–H and O–H groups in total. The number of carbonyl (C=O) groups excluding carboxylic acids is 1. The lowest BCUT2D eigenvalue weighted by atomic mass is 9.96. The zero-order chi connectivity index (χ0) is 9.65. The second kappa shape index (κ2) is 4.90. The lowest BCUT2D eigenvalue weighted by Gasteiger charge is -2.10. The van der Waals surface area contributed by atoms with Crippen LogP contribution >= 0.6 is 12.2 Å². The van der Waals surface area contributed by atoms with Crippen molar-refractivity contribution in [2.24, 2.45) is 22.6 Å². The summed E-state index contributed by atoms with van der Waals surface area (Å²) in [7, 11) is 0. The highest BCUT2D eigenvalue weighted by atomic mass is 32.1. The molecule has 1 amide bonds. The summed E-state index contributed by atoms with van der Waals surface area (Å²) in [6.45, 7) is 5.36. The van der Waals surface area contributed by atoms with Crippen LogP contribution in [0.25, 0.3) is 0 Å². The predicted octanol–water partition coefficient (Wildman–Crippen LogP) is -0.293. The molecule has 11 heavy (non-hydrogen) atoms. The van der Waals surface area contributed by atoms with Crippen molar-refractivity contribution in [1.82, 2.24) is 0 Å². The molecule has 0 radical (unpaired) electrons. The van der Waals surface area contributed by atoms with E-state index in [1.54, 1.807) is 20.8 Å². The van der Waals surface area contributed by atoms with Crippen LogP contribution in [0, 0.1) is 5.41 Å². The molecule has 0 aliphatic rings. The number of carbonyl (C=O) groups is 1. The Bertz CT molecular complexity index is 146. The van der Waals surface area contributed by atoms with Gasteiger partial charge in [0.15, 0.2) is 5.11 Å². The number of amides is 1. The zero-order valence-electron chi connectivity index (χ0n) is 7.05.